The number of carbonyl (C=O) groups excluding carboxylic acids is 2. The van der Waals surface area contributed by atoms with Crippen LogP contribution in [0.25, 0.3) is 0 Å². The summed E-state index contributed by atoms with van der Waals surface area (Å²) in [5, 5.41) is 14.2. The van der Waals surface area contributed by atoms with E-state index in [1.807, 2.05) is 41.0 Å². The second-order valence-electron chi connectivity index (χ2n) is 19.2. The lowest BCUT2D eigenvalue weighted by Gasteiger charge is -2.36. The maximum Gasteiger partial charge on any atom is 0.226 e. The van der Waals surface area contributed by atoms with Gasteiger partial charge in [0, 0.05) is 145 Å². The molecule has 4 aromatic carbocycles. The molecule has 0 unspecified atom stereocenters. The standard InChI is InChI=1S/C56H66N12O4/c1-7-54(70)68-19-15-41-30-39(31-49(56(41)68)60-43-13-17-58-53(33-43)62-46-10-8-44(34-50(46)71-5)65-24-20-63(4)21-25-65)36-64-22-26-66(27-23-64)45-9-11-47(51(35-45)72-6)61-52-32-42(12-16-57-52)59-48-29-37(2)28-40-14-18-67(38(3)69)55(40)48/h8-13,16-17,28-35H,7,14-15,18-27,36H2,1-6H3,(H2,57,59,61)(H2,58,60,62). The van der Waals surface area contributed by atoms with Crippen molar-refractivity contribution in [2.75, 3.05) is 128 Å². The molecule has 4 N–H and O–H groups in total. The van der Waals surface area contributed by atoms with Crippen molar-refractivity contribution < 1.29 is 19.1 Å². The molecule has 16 nitrogen and oxygen atoms in total. The minimum Gasteiger partial charge on any atom is -0.494 e. The predicted octanol–water partition coefficient (Wildman–Crippen LogP) is 9.06. The molecule has 2 aromatic heterocycles. The number of anilines is 12. The van der Waals surface area contributed by atoms with E-state index in [2.05, 4.69) is 125 Å². The lowest BCUT2D eigenvalue weighted by Crippen LogP contribution is -2.46. The van der Waals surface area contributed by atoms with E-state index in [0.717, 1.165) is 146 Å². The van der Waals surface area contributed by atoms with E-state index < -0.39 is 0 Å². The van der Waals surface area contributed by atoms with Crippen LogP contribution in [-0.4, -0.2) is 118 Å². The van der Waals surface area contributed by atoms with Gasteiger partial charge in [-0.3, -0.25) is 14.5 Å². The number of hydrogen-bond donors (Lipinski definition) is 4. The van der Waals surface area contributed by atoms with Gasteiger partial charge in [0.2, 0.25) is 11.8 Å². The smallest absolute Gasteiger partial charge is 0.226 e. The number of ether oxygens (including phenoxy) is 2. The van der Waals surface area contributed by atoms with E-state index in [1.54, 1.807) is 33.5 Å². The number of rotatable bonds is 15. The van der Waals surface area contributed by atoms with Gasteiger partial charge in [0.25, 0.3) is 0 Å². The first kappa shape index (κ1) is 48.1. The SMILES string of the molecule is CCC(=O)N1CCc2cc(CN3CCN(c4ccc(Nc5cc(Nc6cc(C)cc7c6N(C(C)=O)CC7)ccn5)c(OC)c4)CC3)cc(Nc3ccnc(Nc4ccc(N5CCN(C)CC5)cc4OC)c3)c21. The number of pyridine rings is 2. The van der Waals surface area contributed by atoms with Crippen molar-refractivity contribution >= 4 is 80.3 Å². The topological polar surface area (TPSA) is 146 Å². The van der Waals surface area contributed by atoms with Crippen molar-refractivity contribution in [1.82, 2.24) is 19.8 Å². The molecule has 4 aliphatic heterocycles. The highest BCUT2D eigenvalue weighted by atomic mass is 16.5. The van der Waals surface area contributed by atoms with Crippen molar-refractivity contribution in [2.45, 2.75) is 46.6 Å². The Morgan fingerprint density at radius 2 is 1.11 bits per heavy atom. The molecule has 4 aliphatic rings. The van der Waals surface area contributed by atoms with E-state index in [9.17, 15) is 9.59 Å². The van der Waals surface area contributed by atoms with Crippen LogP contribution < -0.4 is 50.3 Å². The van der Waals surface area contributed by atoms with E-state index >= 15 is 0 Å². The van der Waals surface area contributed by atoms with E-state index in [0.29, 0.717) is 31.1 Å². The molecule has 2 saturated heterocycles. The highest BCUT2D eigenvalue weighted by Crippen LogP contribution is 2.42. The zero-order valence-electron chi connectivity index (χ0n) is 42.3. The lowest BCUT2D eigenvalue weighted by molar-refractivity contribution is -0.118. The Hall–Kier alpha value is -7.56. The zero-order valence-corrected chi connectivity index (χ0v) is 42.3. The second kappa shape index (κ2) is 21.0. The molecular weight excluding hydrogens is 905 g/mol. The molecule has 2 fully saturated rings. The maximum atomic E-state index is 13.3. The molecule has 374 valence electrons. The molecule has 0 aliphatic carbocycles. The summed E-state index contributed by atoms with van der Waals surface area (Å²) in [6.07, 6.45) is 5.67. The van der Waals surface area contributed by atoms with Crippen molar-refractivity contribution in [2.24, 2.45) is 0 Å². The summed E-state index contributed by atoms with van der Waals surface area (Å²) in [5.41, 5.74) is 14.1. The summed E-state index contributed by atoms with van der Waals surface area (Å²) in [4.78, 5) is 48.5. The predicted molar refractivity (Wildman–Crippen MR) is 290 cm³/mol. The molecule has 0 saturated carbocycles. The fourth-order valence-electron chi connectivity index (χ4n) is 10.5. The Kier molecular flexibility index (Phi) is 14.0. The van der Waals surface area contributed by atoms with Gasteiger partial charge in [-0.25, -0.2) is 9.97 Å². The van der Waals surface area contributed by atoms with Gasteiger partial charge in [-0.15, -0.1) is 0 Å². The van der Waals surface area contributed by atoms with Crippen LogP contribution in [0, 0.1) is 6.92 Å². The fourth-order valence-corrected chi connectivity index (χ4v) is 10.5. The lowest BCUT2D eigenvalue weighted by atomic mass is 10.0. The highest BCUT2D eigenvalue weighted by molar-refractivity contribution is 6.00. The number of aryl methyl sites for hydroxylation is 1. The van der Waals surface area contributed by atoms with Crippen LogP contribution in [0.4, 0.5) is 68.5 Å². The monoisotopic (exact) mass is 971 g/mol. The van der Waals surface area contributed by atoms with Crippen LogP contribution in [0.5, 0.6) is 11.5 Å². The number of carbonyl (C=O) groups is 2. The summed E-state index contributed by atoms with van der Waals surface area (Å²) < 4.78 is 11.8. The first-order valence-electron chi connectivity index (χ1n) is 25.2. The van der Waals surface area contributed by atoms with Gasteiger partial charge in [-0.2, -0.15) is 0 Å². The molecule has 16 heteroatoms. The number of benzene rings is 4. The Balaban J connectivity index is 0.797. The van der Waals surface area contributed by atoms with E-state index in [-0.39, 0.29) is 11.8 Å². The second-order valence-corrected chi connectivity index (χ2v) is 19.2. The van der Waals surface area contributed by atoms with Gasteiger partial charge in [-0.1, -0.05) is 19.1 Å². The summed E-state index contributed by atoms with van der Waals surface area (Å²) in [7, 11) is 5.56. The van der Waals surface area contributed by atoms with Crippen LogP contribution in [0.2, 0.25) is 0 Å². The molecule has 6 heterocycles. The highest BCUT2D eigenvalue weighted by Gasteiger charge is 2.29. The van der Waals surface area contributed by atoms with Gasteiger partial charge in [0.1, 0.15) is 23.1 Å². The summed E-state index contributed by atoms with van der Waals surface area (Å²) in [6, 6.07) is 29.2. The molecule has 2 amide bonds. The Morgan fingerprint density at radius 1 is 0.583 bits per heavy atom. The van der Waals surface area contributed by atoms with E-state index in [4.69, 9.17) is 9.47 Å². The molecule has 72 heavy (non-hydrogen) atoms. The number of nitrogens with one attached hydrogen (secondary N) is 4. The minimum absolute atomic E-state index is 0.0405. The van der Waals surface area contributed by atoms with E-state index in [1.165, 1.54) is 16.7 Å². The number of likely N-dealkylation sites (N-methyl/N-ethyl adjacent to an activating group) is 1. The third-order valence-corrected chi connectivity index (χ3v) is 14.3. The Morgan fingerprint density at radius 3 is 1.67 bits per heavy atom. The summed E-state index contributed by atoms with van der Waals surface area (Å²) in [5.74, 6) is 3.00. The van der Waals surface area contributed by atoms with Gasteiger partial charge in [-0.05, 0) is 97.6 Å². The van der Waals surface area contributed by atoms with Crippen molar-refractivity contribution in [1.29, 1.82) is 0 Å². The third-order valence-electron chi connectivity index (χ3n) is 14.3. The first-order valence-corrected chi connectivity index (χ1v) is 25.2. The average molecular weight is 971 g/mol. The van der Waals surface area contributed by atoms with Gasteiger partial charge in [0.15, 0.2) is 0 Å². The third kappa shape index (κ3) is 10.4. The van der Waals surface area contributed by atoms with Crippen LogP contribution >= 0.6 is 0 Å². The number of fused-ring (bicyclic) bond motifs is 2. The normalized spacial score (nSPS) is 15.8. The number of amides is 2. The first-order chi connectivity index (χ1) is 35.0. The summed E-state index contributed by atoms with van der Waals surface area (Å²) >= 11 is 0. The van der Waals surface area contributed by atoms with Gasteiger partial charge < -0.3 is 55.2 Å². The molecular formula is C56H66N12O4. The van der Waals surface area contributed by atoms with Crippen molar-refractivity contribution in [3.8, 4) is 11.5 Å². The molecule has 10 rings (SSSR count). The van der Waals surface area contributed by atoms with Crippen molar-refractivity contribution in [3.05, 3.63) is 120 Å². The van der Waals surface area contributed by atoms with Crippen LogP contribution in [0.1, 0.15) is 42.5 Å². The number of piperazine rings is 2. The number of aromatic nitrogens is 2. The van der Waals surface area contributed by atoms with Crippen molar-refractivity contribution in [3.63, 3.8) is 0 Å². The molecule has 0 radical (unpaired) electrons. The number of nitrogens with zero attached hydrogens (tertiary/aromatic N) is 8. The molecule has 6 aromatic rings. The fraction of sp³-hybridized carbons (Fsp3) is 0.357. The Bertz CT molecular complexity index is 2970. The maximum absolute atomic E-state index is 13.3. The number of methoxy groups -OCH3 is 2. The molecule has 0 atom stereocenters. The van der Waals surface area contributed by atoms with Gasteiger partial charge >= 0.3 is 0 Å². The molecule has 0 bridgehead atoms. The minimum atomic E-state index is 0.0405. The zero-order chi connectivity index (χ0) is 49.9. The van der Waals surface area contributed by atoms with Crippen LogP contribution in [0.15, 0.2) is 97.3 Å². The average Bonchev–Trinajstić information content (AvgIpc) is 4.03. The van der Waals surface area contributed by atoms with Gasteiger partial charge in [0.05, 0.1) is 48.3 Å². The Labute approximate surface area is 422 Å². The molecule has 0 spiro atoms. The summed E-state index contributed by atoms with van der Waals surface area (Å²) in [6.45, 7) is 15.3. The quantitative estimate of drug-likeness (QED) is 0.0777. The van der Waals surface area contributed by atoms with Crippen LogP contribution in [-0.2, 0) is 29.0 Å². The number of hydrogen-bond acceptors (Lipinski definition) is 14. The largest absolute Gasteiger partial charge is 0.494 e. The van der Waals surface area contributed by atoms with Crippen LogP contribution in [0.3, 0.4) is 0 Å².